The van der Waals surface area contributed by atoms with E-state index < -0.39 is 12.1 Å². The lowest BCUT2D eigenvalue weighted by Crippen LogP contribution is -2.29. The Hall–Kier alpha value is -3.62. The first-order chi connectivity index (χ1) is 13.8. The molecule has 0 fully saturated rings. The number of fused-ring (bicyclic) bond motifs is 1. The molecule has 4 aromatic rings. The van der Waals surface area contributed by atoms with Crippen molar-refractivity contribution in [2.45, 2.75) is 12.7 Å². The highest BCUT2D eigenvalue weighted by molar-refractivity contribution is 5.94. The predicted molar refractivity (Wildman–Crippen MR) is 100 cm³/mol. The molecular weight excluding hydrogens is 385 g/mol. The third kappa shape index (κ3) is 3.71. The fourth-order valence-electron chi connectivity index (χ4n) is 2.98. The van der Waals surface area contributed by atoms with Crippen molar-refractivity contribution in [2.75, 3.05) is 11.9 Å². The van der Waals surface area contributed by atoms with Gasteiger partial charge in [0.25, 0.3) is 0 Å². The number of halogens is 3. The van der Waals surface area contributed by atoms with Crippen molar-refractivity contribution in [3.63, 3.8) is 0 Å². The number of benzene rings is 2. The van der Waals surface area contributed by atoms with Gasteiger partial charge in [0.1, 0.15) is 6.54 Å². The van der Waals surface area contributed by atoms with Crippen molar-refractivity contribution in [3.8, 4) is 11.4 Å². The zero-order valence-electron chi connectivity index (χ0n) is 15.2. The van der Waals surface area contributed by atoms with E-state index in [0.29, 0.717) is 5.56 Å². The van der Waals surface area contributed by atoms with Crippen LogP contribution in [0.2, 0.25) is 0 Å². The van der Waals surface area contributed by atoms with Crippen molar-refractivity contribution in [1.82, 2.24) is 14.7 Å². The molecule has 0 N–H and O–H groups in total. The summed E-state index contributed by atoms with van der Waals surface area (Å²) in [5.74, 6) is -1.64. The summed E-state index contributed by atoms with van der Waals surface area (Å²) < 4.78 is 44.0. The Labute approximate surface area is 163 Å². The third-order valence-corrected chi connectivity index (χ3v) is 4.52. The molecule has 2 aromatic carbocycles. The molecule has 0 aliphatic rings. The maximum atomic E-state index is 12.6. The van der Waals surface area contributed by atoms with Crippen LogP contribution in [0.15, 0.2) is 65.3 Å². The minimum Gasteiger partial charge on any atom is -0.338 e. The second kappa shape index (κ2) is 7.08. The lowest BCUT2D eigenvalue weighted by molar-refractivity contribution is -0.159. The first-order valence-electron chi connectivity index (χ1n) is 8.65. The average molecular weight is 400 g/mol. The molecule has 9 heteroatoms. The first kappa shape index (κ1) is 18.7. The summed E-state index contributed by atoms with van der Waals surface area (Å²) in [6, 6.07) is 16.0. The Morgan fingerprint density at radius 1 is 1.14 bits per heavy atom. The van der Waals surface area contributed by atoms with Gasteiger partial charge < -0.3 is 14.0 Å². The van der Waals surface area contributed by atoms with Gasteiger partial charge in [0.05, 0.1) is 0 Å². The maximum Gasteiger partial charge on any atom is 0.471 e. The summed E-state index contributed by atoms with van der Waals surface area (Å²) in [6.07, 6.45) is -2.94. The SMILES string of the molecule is CN(C(=O)Cn1ccc2cc(-c3noc(C(F)(F)F)n3)ccc21)c1ccccc1. The highest BCUT2D eigenvalue weighted by atomic mass is 19.4. The van der Waals surface area contributed by atoms with Gasteiger partial charge in [-0.15, -0.1) is 0 Å². The van der Waals surface area contributed by atoms with Crippen molar-refractivity contribution in [1.29, 1.82) is 0 Å². The zero-order valence-corrected chi connectivity index (χ0v) is 15.2. The van der Waals surface area contributed by atoms with E-state index in [4.69, 9.17) is 0 Å². The minimum absolute atomic E-state index is 0.106. The van der Waals surface area contributed by atoms with Crippen LogP contribution in [0, 0.1) is 0 Å². The number of hydrogen-bond acceptors (Lipinski definition) is 4. The smallest absolute Gasteiger partial charge is 0.338 e. The lowest BCUT2D eigenvalue weighted by atomic mass is 10.1. The van der Waals surface area contributed by atoms with Crippen molar-refractivity contribution < 1.29 is 22.5 Å². The van der Waals surface area contributed by atoms with Gasteiger partial charge in [-0.25, -0.2) is 0 Å². The van der Waals surface area contributed by atoms with Crippen molar-refractivity contribution >= 4 is 22.5 Å². The van der Waals surface area contributed by atoms with Gasteiger partial charge >= 0.3 is 12.1 Å². The monoisotopic (exact) mass is 400 g/mol. The number of aromatic nitrogens is 3. The number of amides is 1. The molecule has 0 saturated carbocycles. The van der Waals surface area contributed by atoms with Gasteiger partial charge in [0, 0.05) is 35.4 Å². The summed E-state index contributed by atoms with van der Waals surface area (Å²) in [5, 5.41) is 4.14. The summed E-state index contributed by atoms with van der Waals surface area (Å²) in [5.41, 5.74) is 1.94. The van der Waals surface area contributed by atoms with E-state index in [2.05, 4.69) is 14.7 Å². The number of likely N-dealkylation sites (N-methyl/N-ethyl adjacent to an activating group) is 1. The number of carbonyl (C=O) groups excluding carboxylic acids is 1. The molecule has 0 atom stereocenters. The maximum absolute atomic E-state index is 12.6. The standard InChI is InChI=1S/C20H15F3N4O2/c1-26(15-5-3-2-4-6-15)17(28)12-27-10-9-13-11-14(7-8-16(13)27)18-24-19(29-25-18)20(21,22)23/h2-11H,12H2,1H3. The molecular formula is C20H15F3N4O2. The highest BCUT2D eigenvalue weighted by Crippen LogP contribution is 2.30. The van der Waals surface area contributed by atoms with Crippen LogP contribution in [-0.4, -0.2) is 27.7 Å². The van der Waals surface area contributed by atoms with Crippen LogP contribution in [0.1, 0.15) is 5.89 Å². The number of para-hydroxylation sites is 1. The van der Waals surface area contributed by atoms with Crippen LogP contribution in [-0.2, 0) is 17.5 Å². The fourth-order valence-corrected chi connectivity index (χ4v) is 2.98. The molecule has 0 aliphatic carbocycles. The van der Waals surface area contributed by atoms with Gasteiger partial charge in [0.2, 0.25) is 11.7 Å². The fraction of sp³-hybridized carbons (Fsp3) is 0.150. The van der Waals surface area contributed by atoms with E-state index in [1.54, 1.807) is 47.0 Å². The summed E-state index contributed by atoms with van der Waals surface area (Å²) in [7, 11) is 1.70. The van der Waals surface area contributed by atoms with E-state index in [0.717, 1.165) is 16.6 Å². The molecule has 2 aromatic heterocycles. The number of hydrogen-bond donors (Lipinski definition) is 0. The lowest BCUT2D eigenvalue weighted by Gasteiger charge is -2.18. The molecule has 0 bridgehead atoms. The topological polar surface area (TPSA) is 64.2 Å². The van der Waals surface area contributed by atoms with E-state index in [1.807, 2.05) is 30.3 Å². The van der Waals surface area contributed by atoms with Crippen molar-refractivity contribution in [3.05, 3.63) is 66.7 Å². The molecule has 148 valence electrons. The molecule has 0 spiro atoms. The Kier molecular flexibility index (Phi) is 4.57. The molecule has 2 heterocycles. The first-order valence-corrected chi connectivity index (χ1v) is 8.65. The molecule has 6 nitrogen and oxygen atoms in total. The van der Waals surface area contributed by atoms with Gasteiger partial charge in [-0.05, 0) is 36.4 Å². The number of anilines is 1. The largest absolute Gasteiger partial charge is 0.471 e. The molecule has 0 aliphatic heterocycles. The van der Waals surface area contributed by atoms with Crippen molar-refractivity contribution in [2.24, 2.45) is 0 Å². The number of rotatable bonds is 4. The molecule has 0 radical (unpaired) electrons. The van der Waals surface area contributed by atoms with Crippen LogP contribution >= 0.6 is 0 Å². The molecule has 29 heavy (non-hydrogen) atoms. The highest BCUT2D eigenvalue weighted by Gasteiger charge is 2.38. The van der Waals surface area contributed by atoms with Crippen LogP contribution < -0.4 is 4.90 Å². The van der Waals surface area contributed by atoms with Crippen LogP contribution in [0.25, 0.3) is 22.3 Å². The predicted octanol–water partition coefficient (Wildman–Crippen LogP) is 4.37. The van der Waals surface area contributed by atoms with Gasteiger partial charge in [-0.3, -0.25) is 4.79 Å². The van der Waals surface area contributed by atoms with Crippen LogP contribution in [0.4, 0.5) is 18.9 Å². The van der Waals surface area contributed by atoms with Crippen LogP contribution in [0.5, 0.6) is 0 Å². The Bertz CT molecular complexity index is 1170. The van der Waals surface area contributed by atoms with Crippen LogP contribution in [0.3, 0.4) is 0 Å². The number of nitrogens with zero attached hydrogens (tertiary/aromatic N) is 4. The van der Waals surface area contributed by atoms with Gasteiger partial charge in [-0.2, -0.15) is 18.2 Å². The summed E-state index contributed by atoms with van der Waals surface area (Å²) in [4.78, 5) is 17.6. The van der Waals surface area contributed by atoms with E-state index in [9.17, 15) is 18.0 Å². The third-order valence-electron chi connectivity index (χ3n) is 4.52. The average Bonchev–Trinajstić information content (AvgIpc) is 3.35. The van der Waals surface area contributed by atoms with E-state index in [-0.39, 0.29) is 18.3 Å². The Morgan fingerprint density at radius 3 is 2.59 bits per heavy atom. The van der Waals surface area contributed by atoms with E-state index in [1.165, 1.54) is 0 Å². The van der Waals surface area contributed by atoms with Gasteiger partial charge in [-0.1, -0.05) is 23.4 Å². The number of alkyl halides is 3. The second-order valence-corrected chi connectivity index (χ2v) is 6.43. The molecule has 0 unspecified atom stereocenters. The Morgan fingerprint density at radius 2 is 1.90 bits per heavy atom. The van der Waals surface area contributed by atoms with E-state index >= 15 is 0 Å². The molecule has 4 rings (SSSR count). The number of carbonyl (C=O) groups is 1. The summed E-state index contributed by atoms with van der Waals surface area (Å²) >= 11 is 0. The normalized spacial score (nSPS) is 11.7. The quantitative estimate of drug-likeness (QED) is 0.510. The van der Waals surface area contributed by atoms with Gasteiger partial charge in [0.15, 0.2) is 0 Å². The second-order valence-electron chi connectivity index (χ2n) is 6.43. The molecule has 1 amide bonds. The Balaban J connectivity index is 1.57. The molecule has 0 saturated heterocycles. The summed E-state index contributed by atoms with van der Waals surface area (Å²) in [6.45, 7) is 0.120. The zero-order chi connectivity index (χ0) is 20.6. The minimum atomic E-state index is -4.69.